The van der Waals surface area contributed by atoms with Crippen molar-refractivity contribution in [3.8, 4) is 0 Å². The predicted molar refractivity (Wildman–Crippen MR) is 65.3 cm³/mol. The van der Waals surface area contributed by atoms with Crippen molar-refractivity contribution >= 4 is 11.3 Å². The summed E-state index contributed by atoms with van der Waals surface area (Å²) in [6, 6.07) is 0. The van der Waals surface area contributed by atoms with Crippen LogP contribution in [0, 0.1) is 5.92 Å². The molecule has 16 heavy (non-hydrogen) atoms. The molecule has 0 saturated carbocycles. The second-order valence-electron chi connectivity index (χ2n) is 4.54. The largest absolute Gasteiger partial charge is 0.394 e. The van der Waals surface area contributed by atoms with Gasteiger partial charge in [-0.1, -0.05) is 20.8 Å². The van der Waals surface area contributed by atoms with Crippen LogP contribution in [-0.2, 0) is 12.8 Å². The van der Waals surface area contributed by atoms with Gasteiger partial charge in [0.2, 0.25) is 0 Å². The van der Waals surface area contributed by atoms with Gasteiger partial charge in [-0.2, -0.15) is 5.10 Å². The molecule has 0 radical (unpaired) electrons. The molecule has 0 aliphatic carbocycles. The van der Waals surface area contributed by atoms with Gasteiger partial charge in [-0.3, -0.25) is 0 Å². The molecular weight excluding hydrogens is 200 g/mol. The first-order valence-corrected chi connectivity index (χ1v) is 5.73. The topological polar surface area (TPSA) is 56.2 Å². The zero-order chi connectivity index (χ0) is 11.7. The second kappa shape index (κ2) is 4.12. The van der Waals surface area contributed by atoms with Crippen molar-refractivity contribution in [1.82, 2.24) is 14.6 Å². The summed E-state index contributed by atoms with van der Waals surface area (Å²) in [5.41, 5.74) is 9.56. The van der Waals surface area contributed by atoms with Crippen molar-refractivity contribution < 1.29 is 0 Å². The minimum atomic E-state index is 0.623. The van der Waals surface area contributed by atoms with Crippen molar-refractivity contribution in [2.24, 2.45) is 5.92 Å². The lowest BCUT2D eigenvalue weighted by Gasteiger charge is -2.04. The van der Waals surface area contributed by atoms with Gasteiger partial charge >= 0.3 is 0 Å². The molecule has 2 N–H and O–H groups in total. The summed E-state index contributed by atoms with van der Waals surface area (Å²) in [6.45, 7) is 6.44. The minimum absolute atomic E-state index is 0.623. The average Bonchev–Trinajstić information content (AvgIpc) is 2.54. The van der Waals surface area contributed by atoms with Crippen molar-refractivity contribution in [3.63, 3.8) is 0 Å². The molecule has 0 aliphatic rings. The van der Waals surface area contributed by atoms with E-state index in [0.717, 1.165) is 24.2 Å². The number of rotatable bonds is 3. The van der Waals surface area contributed by atoms with Gasteiger partial charge in [0.05, 0.1) is 5.69 Å². The highest BCUT2D eigenvalue weighted by molar-refractivity contribution is 5.67. The number of hydrogen-bond donors (Lipinski definition) is 1. The van der Waals surface area contributed by atoms with Gasteiger partial charge in [0.25, 0.3) is 0 Å². The molecule has 0 aliphatic heterocycles. The van der Waals surface area contributed by atoms with Gasteiger partial charge in [0.1, 0.15) is 5.69 Å². The summed E-state index contributed by atoms with van der Waals surface area (Å²) in [7, 11) is 0. The lowest BCUT2D eigenvalue weighted by atomic mass is 10.1. The number of anilines is 1. The third-order valence-corrected chi connectivity index (χ3v) is 2.62. The monoisotopic (exact) mass is 218 g/mol. The number of nitrogens with zero attached hydrogens (tertiary/aromatic N) is 3. The molecule has 0 atom stereocenters. The molecule has 0 spiro atoms. The number of fused-ring (bicyclic) bond motifs is 1. The molecule has 4 nitrogen and oxygen atoms in total. The molecule has 0 bridgehead atoms. The molecular formula is C12H18N4. The summed E-state index contributed by atoms with van der Waals surface area (Å²) in [4.78, 5) is 4.38. The highest BCUT2D eigenvalue weighted by atomic mass is 15.3. The number of hydrogen-bond acceptors (Lipinski definition) is 3. The molecule has 0 aromatic carbocycles. The van der Waals surface area contributed by atoms with Crippen molar-refractivity contribution in [2.45, 2.75) is 33.6 Å². The summed E-state index contributed by atoms with van der Waals surface area (Å²) in [5.74, 6) is 0.623. The number of aromatic nitrogens is 3. The minimum Gasteiger partial charge on any atom is -0.394 e. The molecule has 4 heteroatoms. The summed E-state index contributed by atoms with van der Waals surface area (Å²) < 4.78 is 1.80. The molecule has 2 rings (SSSR count). The first kappa shape index (κ1) is 10.9. The lowest BCUT2D eigenvalue weighted by Crippen LogP contribution is -1.99. The normalized spacial score (nSPS) is 11.5. The van der Waals surface area contributed by atoms with E-state index in [-0.39, 0.29) is 0 Å². The van der Waals surface area contributed by atoms with Gasteiger partial charge in [0.15, 0.2) is 5.65 Å². The molecule has 0 amide bonds. The Hall–Kier alpha value is -1.58. The van der Waals surface area contributed by atoms with Gasteiger partial charge in [-0.25, -0.2) is 9.50 Å². The van der Waals surface area contributed by atoms with E-state index < -0.39 is 0 Å². The van der Waals surface area contributed by atoms with Crippen molar-refractivity contribution in [3.05, 3.63) is 23.7 Å². The third-order valence-electron chi connectivity index (χ3n) is 2.62. The van der Waals surface area contributed by atoms with Crippen LogP contribution in [0.1, 0.15) is 32.0 Å². The SMILES string of the molecule is CCc1nn2cc(CC(C)C)cnc2c1N. The smallest absolute Gasteiger partial charge is 0.178 e. The van der Waals surface area contributed by atoms with Crippen LogP contribution < -0.4 is 5.73 Å². The lowest BCUT2D eigenvalue weighted by molar-refractivity contribution is 0.641. The first-order chi connectivity index (χ1) is 7.61. The van der Waals surface area contributed by atoms with Crippen LogP contribution >= 0.6 is 0 Å². The molecule has 0 unspecified atom stereocenters. The maximum atomic E-state index is 5.95. The number of nitrogen functional groups attached to an aromatic ring is 1. The Morgan fingerprint density at radius 2 is 2.19 bits per heavy atom. The Bertz CT molecular complexity index is 499. The van der Waals surface area contributed by atoms with E-state index in [4.69, 9.17) is 5.73 Å². The highest BCUT2D eigenvalue weighted by Crippen LogP contribution is 2.17. The standard InChI is InChI=1S/C12H18N4/c1-4-10-11(13)12-14-6-9(5-8(2)3)7-16(12)15-10/h6-8H,4-5,13H2,1-3H3. The fourth-order valence-electron chi connectivity index (χ4n) is 1.87. The van der Waals surface area contributed by atoms with E-state index in [1.54, 1.807) is 4.52 Å². The number of nitrogens with two attached hydrogens (primary N) is 1. The molecule has 86 valence electrons. The zero-order valence-corrected chi connectivity index (χ0v) is 10.1. The van der Waals surface area contributed by atoms with Crippen molar-refractivity contribution in [1.29, 1.82) is 0 Å². The van der Waals surface area contributed by atoms with E-state index in [1.165, 1.54) is 5.56 Å². The Morgan fingerprint density at radius 3 is 2.81 bits per heavy atom. The quantitative estimate of drug-likeness (QED) is 0.858. The summed E-state index contributed by atoms with van der Waals surface area (Å²) >= 11 is 0. The summed E-state index contributed by atoms with van der Waals surface area (Å²) in [5, 5.41) is 4.43. The van der Waals surface area contributed by atoms with Crippen LogP contribution in [-0.4, -0.2) is 14.6 Å². The Labute approximate surface area is 95.5 Å². The fourth-order valence-corrected chi connectivity index (χ4v) is 1.87. The van der Waals surface area contributed by atoms with E-state index >= 15 is 0 Å². The van der Waals surface area contributed by atoms with Crippen LogP contribution in [0.2, 0.25) is 0 Å². The maximum absolute atomic E-state index is 5.95. The molecule has 0 fully saturated rings. The zero-order valence-electron chi connectivity index (χ0n) is 10.1. The van der Waals surface area contributed by atoms with Crippen LogP contribution in [0.4, 0.5) is 5.69 Å². The average molecular weight is 218 g/mol. The number of aryl methyl sites for hydroxylation is 1. The van der Waals surface area contributed by atoms with Gasteiger partial charge in [0, 0.05) is 12.4 Å². The third kappa shape index (κ3) is 1.87. The Balaban J connectivity index is 2.46. The van der Waals surface area contributed by atoms with E-state index in [2.05, 4.69) is 23.9 Å². The first-order valence-electron chi connectivity index (χ1n) is 5.73. The van der Waals surface area contributed by atoms with Crippen LogP contribution in [0.3, 0.4) is 0 Å². The Kier molecular flexibility index (Phi) is 2.81. The van der Waals surface area contributed by atoms with E-state index in [9.17, 15) is 0 Å². The second-order valence-corrected chi connectivity index (χ2v) is 4.54. The Morgan fingerprint density at radius 1 is 1.44 bits per heavy atom. The predicted octanol–water partition coefficient (Wildman–Crippen LogP) is 2.07. The van der Waals surface area contributed by atoms with Gasteiger partial charge in [-0.15, -0.1) is 0 Å². The molecule has 2 aromatic heterocycles. The van der Waals surface area contributed by atoms with E-state index in [0.29, 0.717) is 11.6 Å². The van der Waals surface area contributed by atoms with Gasteiger partial charge in [-0.05, 0) is 24.3 Å². The molecule has 2 aromatic rings. The maximum Gasteiger partial charge on any atom is 0.178 e. The van der Waals surface area contributed by atoms with Crippen LogP contribution in [0.25, 0.3) is 5.65 Å². The highest BCUT2D eigenvalue weighted by Gasteiger charge is 2.09. The summed E-state index contributed by atoms with van der Waals surface area (Å²) in [6.07, 6.45) is 5.78. The fraction of sp³-hybridized carbons (Fsp3) is 0.500. The van der Waals surface area contributed by atoms with Crippen LogP contribution in [0.15, 0.2) is 12.4 Å². The van der Waals surface area contributed by atoms with E-state index in [1.807, 2.05) is 19.3 Å². The van der Waals surface area contributed by atoms with Crippen LogP contribution in [0.5, 0.6) is 0 Å². The van der Waals surface area contributed by atoms with Gasteiger partial charge < -0.3 is 5.73 Å². The molecule has 0 saturated heterocycles. The van der Waals surface area contributed by atoms with Crippen molar-refractivity contribution in [2.75, 3.05) is 5.73 Å². The molecule has 2 heterocycles.